The van der Waals surface area contributed by atoms with Gasteiger partial charge >= 0.3 is 318 Å². The van der Waals surface area contributed by atoms with Crippen molar-refractivity contribution >= 4 is 67.1 Å². The van der Waals surface area contributed by atoms with Gasteiger partial charge in [0.25, 0.3) is 0 Å². The second kappa shape index (κ2) is 21.5. The Bertz CT molecular complexity index is 1580. The Morgan fingerprint density at radius 1 is 0.714 bits per heavy atom. The summed E-state index contributed by atoms with van der Waals surface area (Å²) in [7, 11) is 0. The number of hydrogen-bond donors (Lipinski definition) is 0. The van der Waals surface area contributed by atoms with E-state index in [2.05, 4.69) is 96.1 Å². The third kappa shape index (κ3) is 11.6. The van der Waals surface area contributed by atoms with Crippen molar-refractivity contribution in [3.05, 3.63) is 92.1 Å². The molecule has 0 spiro atoms. The van der Waals surface area contributed by atoms with Gasteiger partial charge in [-0.2, -0.15) is 0 Å². The van der Waals surface area contributed by atoms with Crippen LogP contribution in [0.15, 0.2) is 87.5 Å². The molecule has 0 N–H and O–H groups in total. The summed E-state index contributed by atoms with van der Waals surface area (Å²) in [5, 5.41) is 0.982. The van der Waals surface area contributed by atoms with Crippen LogP contribution in [0.2, 0.25) is 0 Å². The molecule has 1 aliphatic carbocycles. The molecule has 2 aromatic carbocycles. The molecule has 0 bridgehead atoms. The van der Waals surface area contributed by atoms with Gasteiger partial charge in [0.05, 0.1) is 0 Å². The number of anilines is 1. The fourth-order valence-corrected chi connectivity index (χ4v) is 12.1. The van der Waals surface area contributed by atoms with Crippen LogP contribution >= 0.6 is 11.6 Å². The molecule has 0 unspecified atom stereocenters. The van der Waals surface area contributed by atoms with Crippen molar-refractivity contribution in [3.63, 3.8) is 0 Å². The van der Waals surface area contributed by atoms with Crippen molar-refractivity contribution in [2.75, 3.05) is 11.4 Å². The monoisotopic (exact) mass is 811 g/mol. The molecule has 3 aromatic rings. The number of aryl methyl sites for hydroxylation is 1. The molecule has 1 aliphatic heterocycles. The van der Waals surface area contributed by atoms with Crippen LogP contribution in [-0.4, -0.2) is 36.0 Å². The van der Waals surface area contributed by atoms with Gasteiger partial charge in [0.15, 0.2) is 0 Å². The van der Waals surface area contributed by atoms with E-state index in [1.807, 2.05) is 0 Å². The van der Waals surface area contributed by atoms with E-state index >= 15 is 0 Å². The summed E-state index contributed by atoms with van der Waals surface area (Å²) in [5.41, 5.74) is 5.47. The Balaban J connectivity index is 1.24. The minimum atomic E-state index is 0.343. The molecule has 0 saturated heterocycles. The molecule has 0 atom stereocenters. The van der Waals surface area contributed by atoms with E-state index in [9.17, 15) is 0 Å². The Hall–Kier alpha value is -1.80. The van der Waals surface area contributed by atoms with E-state index in [1.54, 1.807) is 0 Å². The quantitative estimate of drug-likeness (QED) is 0.0591. The third-order valence-electron chi connectivity index (χ3n) is 10.1. The number of benzene rings is 2. The Kier molecular flexibility index (Phi) is 16.9. The molecular weight excluding hydrogens is 750 g/mol. The summed E-state index contributed by atoms with van der Waals surface area (Å²) in [6, 6.07) is 18.1. The number of allylic oxidation sites excluding steroid dienone is 6. The Morgan fingerprint density at radius 2 is 1.37 bits per heavy atom. The molecule has 0 saturated carbocycles. The molecular formula is C44H60ClN2Se2+. The van der Waals surface area contributed by atoms with E-state index in [4.69, 9.17) is 11.6 Å². The first-order chi connectivity index (χ1) is 24.2. The van der Waals surface area contributed by atoms with Gasteiger partial charge in [0.2, 0.25) is 0 Å². The number of para-hydroxylation sites is 2. The number of aromatic nitrogens is 1. The summed E-state index contributed by atoms with van der Waals surface area (Å²) < 4.78 is 8.61. The second-order valence-corrected chi connectivity index (χ2v) is 18.8. The topological polar surface area (TPSA) is 7.12 Å². The van der Waals surface area contributed by atoms with Crippen LogP contribution in [0, 0.1) is 0 Å². The van der Waals surface area contributed by atoms with Crippen molar-refractivity contribution in [2.24, 2.45) is 0 Å². The SMILES string of the molecule is CCCCCCCCCCN1/C(=C\C=C2\CCCC(/C=C/c3[se]c4ccccc4[n+]3CCCCCCCCCC)=C2Cl)[Se]c2ccccc21. The zero-order valence-electron chi connectivity index (χ0n) is 30.4. The molecule has 2 heterocycles. The summed E-state index contributed by atoms with van der Waals surface area (Å²) in [5.74, 6) is 0. The first-order valence-corrected chi connectivity index (χ1v) is 23.4. The van der Waals surface area contributed by atoms with Crippen LogP contribution in [0.3, 0.4) is 0 Å². The maximum absolute atomic E-state index is 7.20. The minimum absolute atomic E-state index is 0.343. The summed E-state index contributed by atoms with van der Waals surface area (Å²) in [6.07, 6.45) is 34.6. The van der Waals surface area contributed by atoms with E-state index in [-0.39, 0.29) is 0 Å². The van der Waals surface area contributed by atoms with Gasteiger partial charge in [-0.15, -0.1) is 0 Å². The van der Waals surface area contributed by atoms with Crippen LogP contribution in [0.1, 0.15) is 140 Å². The number of hydrogen-bond acceptors (Lipinski definition) is 1. The van der Waals surface area contributed by atoms with E-state index in [0.29, 0.717) is 29.5 Å². The Morgan fingerprint density at radius 3 is 2.12 bits per heavy atom. The molecule has 0 radical (unpaired) electrons. The number of fused-ring (bicyclic) bond motifs is 2. The normalized spacial score (nSPS) is 16.7. The van der Waals surface area contributed by atoms with Gasteiger partial charge in [-0.1, -0.05) is 0 Å². The molecule has 2 aliphatic rings. The fourth-order valence-electron chi connectivity index (χ4n) is 7.17. The second-order valence-electron chi connectivity index (χ2n) is 14.0. The number of rotatable bonds is 21. The van der Waals surface area contributed by atoms with Gasteiger partial charge < -0.3 is 0 Å². The first-order valence-electron chi connectivity index (χ1n) is 19.6. The van der Waals surface area contributed by atoms with Gasteiger partial charge in [0.1, 0.15) is 0 Å². The number of halogens is 1. The van der Waals surface area contributed by atoms with Crippen LogP contribution < -0.4 is 13.9 Å². The molecule has 5 heteroatoms. The van der Waals surface area contributed by atoms with Crippen LogP contribution in [0.25, 0.3) is 15.9 Å². The number of unbranched alkanes of at least 4 members (excludes halogenated alkanes) is 14. The van der Waals surface area contributed by atoms with Crippen LogP contribution in [-0.2, 0) is 6.54 Å². The van der Waals surface area contributed by atoms with Crippen molar-refractivity contribution in [3.8, 4) is 0 Å². The fraction of sp³-hybridized carbons (Fsp3) is 0.523. The summed E-state index contributed by atoms with van der Waals surface area (Å²) in [4.78, 5) is 2.61. The average molecular weight is 810 g/mol. The van der Waals surface area contributed by atoms with Crippen molar-refractivity contribution in [1.82, 2.24) is 0 Å². The van der Waals surface area contributed by atoms with E-state index < -0.39 is 0 Å². The van der Waals surface area contributed by atoms with Crippen molar-refractivity contribution in [1.29, 1.82) is 0 Å². The Labute approximate surface area is 315 Å². The zero-order chi connectivity index (χ0) is 34.1. The first kappa shape index (κ1) is 38.4. The van der Waals surface area contributed by atoms with E-state index in [1.165, 1.54) is 149 Å². The molecule has 0 amide bonds. The molecule has 264 valence electrons. The summed E-state index contributed by atoms with van der Waals surface area (Å²) in [6.45, 7) is 6.84. The van der Waals surface area contributed by atoms with Gasteiger partial charge in [0, 0.05) is 0 Å². The van der Waals surface area contributed by atoms with Crippen LogP contribution in [0.5, 0.6) is 0 Å². The van der Waals surface area contributed by atoms with Gasteiger partial charge in [-0.3, -0.25) is 0 Å². The molecule has 49 heavy (non-hydrogen) atoms. The van der Waals surface area contributed by atoms with Crippen molar-refractivity contribution in [2.45, 2.75) is 142 Å². The van der Waals surface area contributed by atoms with Gasteiger partial charge in [-0.05, 0) is 0 Å². The van der Waals surface area contributed by atoms with Crippen LogP contribution in [0.4, 0.5) is 5.69 Å². The van der Waals surface area contributed by atoms with Crippen molar-refractivity contribution < 1.29 is 4.57 Å². The average Bonchev–Trinajstić information content (AvgIpc) is 3.66. The van der Waals surface area contributed by atoms with Gasteiger partial charge in [-0.25, -0.2) is 0 Å². The molecule has 5 rings (SSSR count). The number of nitrogens with zero attached hydrogens (tertiary/aromatic N) is 2. The standard InChI is InChI=1S/C44H60ClN2Se2/c1-3-5-7-9-11-13-15-21-34-46-38-26-17-19-28-40(38)48-42(46)32-30-36-24-23-25-37(44(36)45)31-33-43-47(39-27-18-20-29-41(39)49-43)35-22-16-14-12-10-8-6-4-2/h17-20,26-33H,3-16,21-25,34-35H2,1-2H3/q+1. The maximum atomic E-state index is 7.20. The predicted molar refractivity (Wildman–Crippen MR) is 217 cm³/mol. The molecule has 1 aromatic heterocycles. The molecule has 0 fully saturated rings. The zero-order valence-corrected chi connectivity index (χ0v) is 34.5. The summed E-state index contributed by atoms with van der Waals surface area (Å²) >= 11 is 7.89. The predicted octanol–water partition coefficient (Wildman–Crippen LogP) is 11.8. The van der Waals surface area contributed by atoms with E-state index in [0.717, 1.165) is 31.0 Å². The third-order valence-corrected chi connectivity index (χ3v) is 15.3. The molecule has 2 nitrogen and oxygen atoms in total.